The van der Waals surface area contributed by atoms with E-state index in [0.717, 1.165) is 0 Å². The smallest absolute Gasteiger partial charge is 0.335 e. The van der Waals surface area contributed by atoms with Gasteiger partial charge in [-0.25, -0.2) is 4.79 Å². The number of aryl methyl sites for hydroxylation is 1. The molecule has 2 aromatic heterocycles. The lowest BCUT2D eigenvalue weighted by Gasteiger charge is -2.00. The number of rotatable bonds is 2. The van der Waals surface area contributed by atoms with E-state index in [4.69, 9.17) is 16.7 Å². The van der Waals surface area contributed by atoms with Crippen LogP contribution in [0.25, 0.3) is 11.3 Å². The maximum absolute atomic E-state index is 10.8. The second kappa shape index (κ2) is 3.94. The van der Waals surface area contributed by atoms with Gasteiger partial charge in [0.25, 0.3) is 0 Å². The summed E-state index contributed by atoms with van der Waals surface area (Å²) >= 11 is 5.99. The minimum atomic E-state index is -0.997. The quantitative estimate of drug-likeness (QED) is 0.865. The highest BCUT2D eigenvalue weighted by atomic mass is 35.5. The fourth-order valence-electron chi connectivity index (χ4n) is 1.31. The second-order valence-electron chi connectivity index (χ2n) is 3.21. The highest BCUT2D eigenvalue weighted by molar-refractivity contribution is 6.32. The van der Waals surface area contributed by atoms with Crippen LogP contribution < -0.4 is 0 Å². The number of halogens is 1. The van der Waals surface area contributed by atoms with Crippen molar-refractivity contribution in [3.05, 3.63) is 35.2 Å². The van der Waals surface area contributed by atoms with Crippen LogP contribution in [0.3, 0.4) is 0 Å². The van der Waals surface area contributed by atoms with Crippen molar-refractivity contribution < 1.29 is 9.90 Å². The molecule has 1 N–H and O–H groups in total. The summed E-state index contributed by atoms with van der Waals surface area (Å²) in [7, 11) is 1.70. The second-order valence-corrected chi connectivity index (χ2v) is 3.57. The van der Waals surface area contributed by atoms with Crippen molar-refractivity contribution in [2.75, 3.05) is 0 Å². The predicted octanol–water partition coefficient (Wildman–Crippen LogP) is 1.83. The molecule has 0 radical (unpaired) electrons. The van der Waals surface area contributed by atoms with Gasteiger partial charge in [0.15, 0.2) is 0 Å². The number of carboxylic acids is 1. The Kier molecular flexibility index (Phi) is 2.62. The molecule has 16 heavy (non-hydrogen) atoms. The van der Waals surface area contributed by atoms with Crippen LogP contribution >= 0.6 is 11.6 Å². The Bertz CT molecular complexity index is 551. The Hall–Kier alpha value is -1.88. The minimum absolute atomic E-state index is 0.171. The molecule has 0 bridgehead atoms. The van der Waals surface area contributed by atoms with Crippen LogP contribution in [0.5, 0.6) is 0 Å². The van der Waals surface area contributed by atoms with Crippen molar-refractivity contribution in [2.24, 2.45) is 7.05 Å². The third kappa shape index (κ3) is 1.77. The van der Waals surface area contributed by atoms with Crippen molar-refractivity contribution in [1.82, 2.24) is 14.8 Å². The van der Waals surface area contributed by atoms with Crippen molar-refractivity contribution in [2.45, 2.75) is 0 Å². The summed E-state index contributed by atoms with van der Waals surface area (Å²) in [4.78, 5) is 14.9. The predicted molar refractivity (Wildman–Crippen MR) is 58.4 cm³/mol. The van der Waals surface area contributed by atoms with E-state index in [9.17, 15) is 4.79 Å². The highest BCUT2D eigenvalue weighted by Gasteiger charge is 2.11. The first kappa shape index (κ1) is 10.6. The third-order valence-corrected chi connectivity index (χ3v) is 2.60. The van der Waals surface area contributed by atoms with Crippen molar-refractivity contribution in [1.29, 1.82) is 0 Å². The molecule has 6 heteroatoms. The molecule has 5 nitrogen and oxygen atoms in total. The molecule has 0 atom stereocenters. The number of nitrogens with zero attached hydrogens (tertiary/aromatic N) is 3. The molecule has 0 saturated carbocycles. The van der Waals surface area contributed by atoms with Gasteiger partial charge in [0.2, 0.25) is 0 Å². The molecule has 0 aromatic carbocycles. The van der Waals surface area contributed by atoms with Crippen molar-refractivity contribution in [3.8, 4) is 11.3 Å². The number of aromatic carboxylic acids is 1. The Balaban J connectivity index is 2.52. The van der Waals surface area contributed by atoms with E-state index in [0.29, 0.717) is 16.4 Å². The van der Waals surface area contributed by atoms with Gasteiger partial charge in [-0.05, 0) is 12.1 Å². The first-order valence-corrected chi connectivity index (χ1v) is 4.84. The number of hydrogen-bond acceptors (Lipinski definition) is 3. The molecule has 0 aliphatic rings. The molecule has 0 spiro atoms. The Labute approximate surface area is 96.3 Å². The highest BCUT2D eigenvalue weighted by Crippen LogP contribution is 2.25. The Morgan fingerprint density at radius 3 is 2.88 bits per heavy atom. The molecule has 0 unspecified atom stereocenters. The Morgan fingerprint density at radius 2 is 2.31 bits per heavy atom. The van der Waals surface area contributed by atoms with Crippen LogP contribution in [0, 0.1) is 0 Å². The molecule has 0 amide bonds. The van der Waals surface area contributed by atoms with Crippen LogP contribution in [-0.4, -0.2) is 25.8 Å². The number of hydrogen-bond donors (Lipinski definition) is 1. The first-order chi connectivity index (χ1) is 7.59. The zero-order valence-corrected chi connectivity index (χ0v) is 9.14. The van der Waals surface area contributed by atoms with Crippen LogP contribution in [-0.2, 0) is 7.05 Å². The van der Waals surface area contributed by atoms with Crippen LogP contribution in [0.4, 0.5) is 0 Å². The van der Waals surface area contributed by atoms with Gasteiger partial charge in [0, 0.05) is 13.2 Å². The maximum atomic E-state index is 10.8. The molecule has 0 fully saturated rings. The zero-order chi connectivity index (χ0) is 11.7. The lowest BCUT2D eigenvalue weighted by molar-refractivity contribution is 0.0697. The van der Waals surface area contributed by atoms with Gasteiger partial charge in [0.1, 0.15) is 5.15 Å². The van der Waals surface area contributed by atoms with E-state index in [1.54, 1.807) is 13.2 Å². The summed E-state index contributed by atoms with van der Waals surface area (Å²) < 4.78 is 1.49. The standard InChI is InChI=1S/C10H8ClN3O2/c1-14-9(11)7(5-13-14)8-4-6(10(15)16)2-3-12-8/h2-5H,1H3,(H,15,16). The van der Waals surface area contributed by atoms with Gasteiger partial charge in [-0.3, -0.25) is 9.67 Å². The maximum Gasteiger partial charge on any atom is 0.335 e. The van der Waals surface area contributed by atoms with Crippen LogP contribution in [0.15, 0.2) is 24.5 Å². The van der Waals surface area contributed by atoms with E-state index < -0.39 is 5.97 Å². The summed E-state index contributed by atoms with van der Waals surface area (Å²) in [5.41, 5.74) is 1.29. The summed E-state index contributed by atoms with van der Waals surface area (Å²) in [6.45, 7) is 0. The summed E-state index contributed by atoms with van der Waals surface area (Å²) in [5.74, 6) is -0.997. The number of carboxylic acid groups (broad SMARTS) is 1. The normalized spacial score (nSPS) is 10.4. The monoisotopic (exact) mass is 237 g/mol. The van der Waals surface area contributed by atoms with Gasteiger partial charge < -0.3 is 5.11 Å². The van der Waals surface area contributed by atoms with Gasteiger partial charge in [-0.15, -0.1) is 0 Å². The van der Waals surface area contributed by atoms with Crippen molar-refractivity contribution in [3.63, 3.8) is 0 Å². The van der Waals surface area contributed by atoms with Gasteiger partial charge in [0.05, 0.1) is 23.0 Å². The fourth-order valence-corrected chi connectivity index (χ4v) is 1.49. The largest absolute Gasteiger partial charge is 0.478 e. The van der Waals surface area contributed by atoms with E-state index in [1.807, 2.05) is 0 Å². The summed E-state index contributed by atoms with van der Waals surface area (Å²) in [6, 6.07) is 2.89. The molecule has 0 aliphatic heterocycles. The molecule has 82 valence electrons. The summed E-state index contributed by atoms with van der Waals surface area (Å²) in [6.07, 6.45) is 2.98. The average molecular weight is 238 g/mol. The molecule has 0 aliphatic carbocycles. The SMILES string of the molecule is Cn1ncc(-c2cc(C(=O)O)ccn2)c1Cl. The van der Waals surface area contributed by atoms with Gasteiger partial charge in [-0.1, -0.05) is 11.6 Å². The van der Waals surface area contributed by atoms with E-state index in [2.05, 4.69) is 10.1 Å². The van der Waals surface area contributed by atoms with Crippen LogP contribution in [0.1, 0.15) is 10.4 Å². The number of carbonyl (C=O) groups is 1. The van der Waals surface area contributed by atoms with E-state index >= 15 is 0 Å². The molecule has 2 heterocycles. The molecule has 2 rings (SSSR count). The zero-order valence-electron chi connectivity index (χ0n) is 8.38. The molecule has 0 saturated heterocycles. The average Bonchev–Trinajstić information content (AvgIpc) is 2.60. The molecule has 2 aromatic rings. The lowest BCUT2D eigenvalue weighted by atomic mass is 10.1. The minimum Gasteiger partial charge on any atom is -0.478 e. The number of pyridine rings is 1. The fraction of sp³-hybridized carbons (Fsp3) is 0.100. The third-order valence-electron chi connectivity index (χ3n) is 2.15. The van der Waals surface area contributed by atoms with Gasteiger partial charge >= 0.3 is 5.97 Å². The van der Waals surface area contributed by atoms with E-state index in [1.165, 1.54) is 23.0 Å². The Morgan fingerprint density at radius 1 is 1.56 bits per heavy atom. The lowest BCUT2D eigenvalue weighted by Crippen LogP contribution is -1.97. The number of aromatic nitrogens is 3. The van der Waals surface area contributed by atoms with E-state index in [-0.39, 0.29) is 5.56 Å². The van der Waals surface area contributed by atoms with Gasteiger partial charge in [-0.2, -0.15) is 5.10 Å². The topological polar surface area (TPSA) is 68.0 Å². The summed E-state index contributed by atoms with van der Waals surface area (Å²) in [5, 5.41) is 13.2. The van der Waals surface area contributed by atoms with Crippen LogP contribution in [0.2, 0.25) is 5.15 Å². The first-order valence-electron chi connectivity index (χ1n) is 4.47. The molecular formula is C10H8ClN3O2. The van der Waals surface area contributed by atoms with Crippen molar-refractivity contribution >= 4 is 17.6 Å². The molecular weight excluding hydrogens is 230 g/mol.